The van der Waals surface area contributed by atoms with Gasteiger partial charge in [0.2, 0.25) is 5.91 Å². The van der Waals surface area contributed by atoms with Gasteiger partial charge in [-0.1, -0.05) is 18.2 Å². The maximum Gasteiger partial charge on any atom is 0.224 e. The lowest BCUT2D eigenvalue weighted by Crippen LogP contribution is -2.24. The number of phenols is 1. The lowest BCUT2D eigenvalue weighted by Gasteiger charge is -2.12. The van der Waals surface area contributed by atoms with E-state index < -0.39 is 0 Å². The third-order valence-electron chi connectivity index (χ3n) is 6.60. The summed E-state index contributed by atoms with van der Waals surface area (Å²) in [5, 5.41) is 12.8. The van der Waals surface area contributed by atoms with E-state index in [2.05, 4.69) is 15.3 Å². The van der Waals surface area contributed by atoms with Gasteiger partial charge < -0.3 is 21.9 Å². The summed E-state index contributed by atoms with van der Waals surface area (Å²) in [6.07, 6.45) is 5.35. The number of nitrogens with two attached hydrogens (primary N) is 2. The van der Waals surface area contributed by atoms with E-state index in [1.165, 1.54) is 18.3 Å². The van der Waals surface area contributed by atoms with Crippen molar-refractivity contribution in [3.63, 3.8) is 0 Å². The first kappa shape index (κ1) is 27.7. The molecule has 6 N–H and O–H groups in total. The second kappa shape index (κ2) is 12.1. The van der Waals surface area contributed by atoms with Crippen LogP contribution in [-0.2, 0) is 17.8 Å². The standard InChI is InChI=1S/C31H28N8O3/c1-34-17-22(15-32)25-10-11-26-31(37-25)39(30(38-26)24-3-2-12-35-29(24)33)23-8-5-19(6-9-23)16-36-28(42)14-20-4-7-21(18-40)27(41)13-20/h2-13,15,17-18,41H,14,16,32H2,1H3,(H2,33,35)(H,36,42)/b22-15+,34-17?. The Bertz CT molecular complexity index is 1840. The molecule has 0 saturated carbocycles. The maximum absolute atomic E-state index is 12.5. The number of aromatic nitrogens is 4. The van der Waals surface area contributed by atoms with E-state index >= 15 is 0 Å². The molecule has 3 aromatic heterocycles. The molecular formula is C31H28N8O3. The van der Waals surface area contributed by atoms with E-state index in [4.69, 9.17) is 21.4 Å². The fraction of sp³-hybridized carbons (Fsp3) is 0.0968. The Balaban J connectivity index is 1.44. The molecule has 0 fully saturated rings. The molecule has 42 heavy (non-hydrogen) atoms. The van der Waals surface area contributed by atoms with E-state index in [0.29, 0.717) is 58.0 Å². The number of carbonyl (C=O) groups is 2. The highest BCUT2D eigenvalue weighted by Gasteiger charge is 2.19. The second-order valence-electron chi connectivity index (χ2n) is 9.39. The number of aliphatic imine (C=N–C) groups is 1. The zero-order valence-corrected chi connectivity index (χ0v) is 22.7. The van der Waals surface area contributed by atoms with Gasteiger partial charge in [-0.25, -0.2) is 15.0 Å². The first-order chi connectivity index (χ1) is 20.4. The lowest BCUT2D eigenvalue weighted by molar-refractivity contribution is -0.120. The number of allylic oxidation sites excluding steroid dienone is 1. The van der Waals surface area contributed by atoms with Gasteiger partial charge in [0.1, 0.15) is 17.1 Å². The Labute approximate surface area is 241 Å². The van der Waals surface area contributed by atoms with Gasteiger partial charge in [0.25, 0.3) is 0 Å². The molecular weight excluding hydrogens is 532 g/mol. The molecule has 11 heteroatoms. The number of fused-ring (bicyclic) bond motifs is 1. The lowest BCUT2D eigenvalue weighted by atomic mass is 10.1. The van der Waals surface area contributed by atoms with Gasteiger partial charge in [-0.3, -0.25) is 19.1 Å². The molecule has 0 aliphatic carbocycles. The van der Waals surface area contributed by atoms with E-state index in [0.717, 1.165) is 11.3 Å². The Morgan fingerprint density at radius 3 is 2.55 bits per heavy atom. The highest BCUT2D eigenvalue weighted by Crippen LogP contribution is 2.31. The number of imidazole rings is 1. The van der Waals surface area contributed by atoms with Crippen LogP contribution in [0, 0.1) is 0 Å². The Kier molecular flexibility index (Phi) is 8.00. The molecule has 5 rings (SSSR count). The van der Waals surface area contributed by atoms with Crippen molar-refractivity contribution in [2.45, 2.75) is 13.0 Å². The van der Waals surface area contributed by atoms with Crippen LogP contribution in [0.2, 0.25) is 0 Å². The Morgan fingerprint density at radius 2 is 1.86 bits per heavy atom. The summed E-state index contributed by atoms with van der Waals surface area (Å²) in [5.41, 5.74) is 17.7. The zero-order chi connectivity index (χ0) is 29.6. The van der Waals surface area contributed by atoms with E-state index in [9.17, 15) is 14.7 Å². The van der Waals surface area contributed by atoms with Crippen LogP contribution >= 0.6 is 0 Å². The molecule has 0 spiro atoms. The van der Waals surface area contributed by atoms with Gasteiger partial charge >= 0.3 is 0 Å². The number of benzene rings is 2. The molecule has 0 saturated heterocycles. The zero-order valence-electron chi connectivity index (χ0n) is 22.7. The molecule has 3 heterocycles. The van der Waals surface area contributed by atoms with Crippen LogP contribution in [0.4, 0.5) is 5.82 Å². The monoisotopic (exact) mass is 560 g/mol. The van der Waals surface area contributed by atoms with Crippen molar-refractivity contribution < 1.29 is 14.7 Å². The van der Waals surface area contributed by atoms with Crippen molar-refractivity contribution >= 4 is 41.0 Å². The largest absolute Gasteiger partial charge is 0.507 e. The number of pyridine rings is 2. The number of hydrogen-bond donors (Lipinski definition) is 4. The molecule has 210 valence electrons. The summed E-state index contributed by atoms with van der Waals surface area (Å²) >= 11 is 0. The average molecular weight is 561 g/mol. The van der Waals surface area contributed by atoms with E-state index in [1.54, 1.807) is 31.6 Å². The van der Waals surface area contributed by atoms with Crippen molar-refractivity contribution in [3.05, 3.63) is 102 Å². The number of nitrogens with one attached hydrogen (secondary N) is 1. The van der Waals surface area contributed by atoms with Gasteiger partial charge in [-0.2, -0.15) is 0 Å². The van der Waals surface area contributed by atoms with E-state index in [-0.39, 0.29) is 23.6 Å². The number of phenolic OH excluding ortho intramolecular Hbond substituents is 1. The summed E-state index contributed by atoms with van der Waals surface area (Å²) in [5.74, 6) is 0.542. The van der Waals surface area contributed by atoms with Crippen molar-refractivity contribution in [1.29, 1.82) is 0 Å². The van der Waals surface area contributed by atoms with Crippen LogP contribution in [0.25, 0.3) is 33.8 Å². The van der Waals surface area contributed by atoms with Crippen molar-refractivity contribution in [2.24, 2.45) is 10.7 Å². The minimum Gasteiger partial charge on any atom is -0.507 e. The molecule has 0 unspecified atom stereocenters. The molecule has 0 bridgehead atoms. The highest BCUT2D eigenvalue weighted by atomic mass is 16.3. The molecule has 2 aromatic carbocycles. The fourth-order valence-corrected chi connectivity index (χ4v) is 4.49. The van der Waals surface area contributed by atoms with Gasteiger partial charge in [0.15, 0.2) is 17.8 Å². The van der Waals surface area contributed by atoms with Crippen LogP contribution < -0.4 is 16.8 Å². The smallest absolute Gasteiger partial charge is 0.224 e. The highest BCUT2D eigenvalue weighted by molar-refractivity contribution is 6.09. The summed E-state index contributed by atoms with van der Waals surface area (Å²) in [6.45, 7) is 0.300. The second-order valence-corrected chi connectivity index (χ2v) is 9.39. The van der Waals surface area contributed by atoms with Crippen LogP contribution in [0.3, 0.4) is 0 Å². The normalized spacial score (nSPS) is 11.7. The molecule has 0 aliphatic rings. The number of anilines is 1. The number of amides is 1. The first-order valence-corrected chi connectivity index (χ1v) is 13.0. The number of nitrogens with zero attached hydrogens (tertiary/aromatic N) is 5. The predicted molar refractivity (Wildman–Crippen MR) is 162 cm³/mol. The van der Waals surface area contributed by atoms with E-state index in [1.807, 2.05) is 47.0 Å². The van der Waals surface area contributed by atoms with Crippen LogP contribution in [0.1, 0.15) is 27.2 Å². The average Bonchev–Trinajstić information content (AvgIpc) is 3.38. The molecule has 0 atom stereocenters. The molecule has 11 nitrogen and oxygen atoms in total. The van der Waals surface area contributed by atoms with Crippen LogP contribution in [-0.4, -0.2) is 50.1 Å². The summed E-state index contributed by atoms with van der Waals surface area (Å²) in [4.78, 5) is 41.4. The number of rotatable bonds is 9. The summed E-state index contributed by atoms with van der Waals surface area (Å²) < 4.78 is 1.90. The first-order valence-electron chi connectivity index (χ1n) is 13.0. The van der Waals surface area contributed by atoms with Crippen LogP contribution in [0.15, 0.2) is 84.1 Å². The predicted octanol–water partition coefficient (Wildman–Crippen LogP) is 3.44. The molecule has 1 amide bonds. The van der Waals surface area contributed by atoms with Gasteiger partial charge in [-0.05, 0) is 59.7 Å². The molecule has 0 radical (unpaired) electrons. The number of carbonyl (C=O) groups excluding carboxylic acids is 2. The minimum atomic E-state index is -0.219. The quantitative estimate of drug-likeness (QED) is 0.157. The number of nitrogen functional groups attached to an aromatic ring is 1. The van der Waals surface area contributed by atoms with Crippen LogP contribution in [0.5, 0.6) is 5.75 Å². The minimum absolute atomic E-state index is 0.0671. The maximum atomic E-state index is 12.5. The van der Waals surface area contributed by atoms with Crippen molar-refractivity contribution in [2.75, 3.05) is 12.8 Å². The molecule has 5 aromatic rings. The van der Waals surface area contributed by atoms with Gasteiger partial charge in [0.05, 0.1) is 23.2 Å². The SMILES string of the molecule is CN=C/C(=C\N)c1ccc2nc(-c3cccnc3N)n(-c3ccc(CNC(=O)Cc4ccc(C=O)c(O)c4)cc3)c2n1. The Hall–Kier alpha value is -5.84. The summed E-state index contributed by atoms with van der Waals surface area (Å²) in [6, 6.07) is 19.5. The number of hydrogen-bond acceptors (Lipinski definition) is 9. The van der Waals surface area contributed by atoms with Crippen molar-refractivity contribution in [3.8, 4) is 22.8 Å². The fourth-order valence-electron chi connectivity index (χ4n) is 4.49. The van der Waals surface area contributed by atoms with Crippen molar-refractivity contribution in [1.82, 2.24) is 24.8 Å². The van der Waals surface area contributed by atoms with Gasteiger partial charge in [0, 0.05) is 43.5 Å². The third-order valence-corrected chi connectivity index (χ3v) is 6.60. The topological polar surface area (TPSA) is 174 Å². The Morgan fingerprint density at radius 1 is 1.07 bits per heavy atom. The molecule has 0 aliphatic heterocycles. The van der Waals surface area contributed by atoms with Gasteiger partial charge in [-0.15, -0.1) is 0 Å². The summed E-state index contributed by atoms with van der Waals surface area (Å²) in [7, 11) is 1.66. The third kappa shape index (κ3) is 5.70. The number of aldehydes is 1. The number of aromatic hydroxyl groups is 1.